The van der Waals surface area contributed by atoms with Crippen LogP contribution in [0.2, 0.25) is 5.02 Å². The average molecular weight is 642 g/mol. The molecule has 4 aromatic rings. The van der Waals surface area contributed by atoms with Crippen molar-refractivity contribution in [3.8, 4) is 11.1 Å². The fourth-order valence-corrected chi connectivity index (χ4v) is 7.45. The van der Waals surface area contributed by atoms with E-state index >= 15 is 8.78 Å². The van der Waals surface area contributed by atoms with E-state index in [1.165, 1.54) is 18.2 Å². The minimum atomic E-state index is -4.36. The molecule has 0 bridgehead atoms. The zero-order chi connectivity index (χ0) is 31.0. The van der Waals surface area contributed by atoms with Gasteiger partial charge in [0.05, 0.1) is 28.3 Å². The summed E-state index contributed by atoms with van der Waals surface area (Å²) >= 11 is 6.10. The van der Waals surface area contributed by atoms with Crippen LogP contribution in [0.5, 0.6) is 0 Å². The van der Waals surface area contributed by atoms with Crippen molar-refractivity contribution in [1.29, 1.82) is 0 Å². The predicted octanol–water partition coefficient (Wildman–Crippen LogP) is 5.68. The zero-order valence-corrected chi connectivity index (χ0v) is 25.4. The van der Waals surface area contributed by atoms with Gasteiger partial charge in [0.15, 0.2) is 11.6 Å². The van der Waals surface area contributed by atoms with Gasteiger partial charge in [-0.2, -0.15) is 0 Å². The standard InChI is InChI=1S/C31H30ClF2N5O4S/c1-43-13-12-39-10-8-21(9-11-39)36-31-35-17-19-14-18(2-5-25(19)37-31)29-24(33)4-6-26(30(29)34)38-44(41,42)28-16-20(32)15-23-22(28)3-7-27(23)40/h2,4-6,14-17,21,38H,3,7-13H2,1H3,(H,35,36,37). The molecule has 0 spiro atoms. The molecule has 1 aliphatic heterocycles. The number of rotatable bonds is 9. The lowest BCUT2D eigenvalue weighted by molar-refractivity contribution is 0.0994. The van der Waals surface area contributed by atoms with Gasteiger partial charge in [-0.15, -0.1) is 0 Å². The molecule has 44 heavy (non-hydrogen) atoms. The summed E-state index contributed by atoms with van der Waals surface area (Å²) in [7, 11) is -2.67. The number of methoxy groups -OCH3 is 1. The molecule has 0 amide bonds. The fraction of sp³-hybridized carbons (Fsp3) is 0.323. The highest BCUT2D eigenvalue weighted by atomic mass is 35.5. The molecule has 230 valence electrons. The molecule has 2 N–H and O–H groups in total. The normalized spacial score (nSPS) is 16.0. The van der Waals surface area contributed by atoms with Crippen LogP contribution in [0.25, 0.3) is 22.0 Å². The number of benzene rings is 3. The first-order valence-corrected chi connectivity index (χ1v) is 16.1. The lowest BCUT2D eigenvalue weighted by atomic mass is 10.0. The van der Waals surface area contributed by atoms with Crippen LogP contribution in [0.15, 0.2) is 53.6 Å². The molecule has 13 heteroatoms. The van der Waals surface area contributed by atoms with Gasteiger partial charge < -0.3 is 15.0 Å². The molecule has 0 unspecified atom stereocenters. The average Bonchev–Trinajstić information content (AvgIpc) is 3.37. The topological polar surface area (TPSA) is 114 Å². The number of nitrogens with zero attached hydrogens (tertiary/aromatic N) is 3. The number of halogens is 3. The summed E-state index contributed by atoms with van der Waals surface area (Å²) in [5, 5.41) is 4.02. The molecule has 1 aromatic heterocycles. The molecule has 2 heterocycles. The highest BCUT2D eigenvalue weighted by Crippen LogP contribution is 2.36. The lowest BCUT2D eigenvalue weighted by Gasteiger charge is -2.32. The Hall–Kier alpha value is -3.71. The largest absolute Gasteiger partial charge is 0.383 e. The molecule has 3 aromatic carbocycles. The number of Topliss-reactive ketones (excluding diaryl/α,β-unsaturated/α-hetero) is 1. The number of carbonyl (C=O) groups is 1. The lowest BCUT2D eigenvalue weighted by Crippen LogP contribution is -2.40. The van der Waals surface area contributed by atoms with E-state index in [0.717, 1.165) is 44.6 Å². The molecule has 6 rings (SSSR count). The van der Waals surface area contributed by atoms with Crippen LogP contribution in [-0.4, -0.2) is 68.5 Å². The summed E-state index contributed by atoms with van der Waals surface area (Å²) in [5.41, 5.74) is 0.495. The number of aromatic nitrogens is 2. The first kappa shape index (κ1) is 30.3. The number of likely N-dealkylation sites (tertiary alicyclic amines) is 1. The minimum Gasteiger partial charge on any atom is -0.383 e. The van der Waals surface area contributed by atoms with E-state index in [4.69, 9.17) is 16.3 Å². The maximum Gasteiger partial charge on any atom is 0.262 e. The maximum atomic E-state index is 15.8. The van der Waals surface area contributed by atoms with Gasteiger partial charge in [0.2, 0.25) is 5.95 Å². The Bertz CT molecular complexity index is 1870. The highest BCUT2D eigenvalue weighted by molar-refractivity contribution is 7.92. The van der Waals surface area contributed by atoms with E-state index in [9.17, 15) is 13.2 Å². The second-order valence-corrected chi connectivity index (χ2v) is 13.1. The third kappa shape index (κ3) is 6.12. The Morgan fingerprint density at radius 3 is 2.66 bits per heavy atom. The number of sulfonamides is 1. The number of hydrogen-bond donors (Lipinski definition) is 2. The Balaban J connectivity index is 1.23. The van der Waals surface area contributed by atoms with Gasteiger partial charge in [0, 0.05) is 61.4 Å². The van der Waals surface area contributed by atoms with Gasteiger partial charge >= 0.3 is 0 Å². The van der Waals surface area contributed by atoms with Gasteiger partial charge in [-0.1, -0.05) is 17.7 Å². The van der Waals surface area contributed by atoms with Crippen molar-refractivity contribution in [2.24, 2.45) is 0 Å². The molecule has 0 saturated carbocycles. The first-order valence-electron chi connectivity index (χ1n) is 14.2. The fourth-order valence-electron chi connectivity index (χ4n) is 5.79. The van der Waals surface area contributed by atoms with Crippen LogP contribution >= 0.6 is 11.6 Å². The minimum absolute atomic E-state index is 0.0692. The number of ether oxygens (including phenoxy) is 1. The van der Waals surface area contributed by atoms with Gasteiger partial charge in [0.1, 0.15) is 5.82 Å². The molecule has 1 aliphatic carbocycles. The molecule has 0 radical (unpaired) electrons. The van der Waals surface area contributed by atoms with E-state index in [1.807, 2.05) is 0 Å². The maximum absolute atomic E-state index is 15.8. The summed E-state index contributed by atoms with van der Waals surface area (Å²) in [6, 6.07) is 9.63. The van der Waals surface area contributed by atoms with Gasteiger partial charge in [-0.25, -0.2) is 27.2 Å². The summed E-state index contributed by atoms with van der Waals surface area (Å²) in [6.45, 7) is 3.51. The van der Waals surface area contributed by atoms with E-state index in [-0.39, 0.29) is 45.7 Å². The molecule has 1 saturated heterocycles. The molecule has 1 fully saturated rings. The molecular weight excluding hydrogens is 612 g/mol. The van der Waals surface area contributed by atoms with Crippen LogP contribution < -0.4 is 10.0 Å². The van der Waals surface area contributed by atoms with Crippen molar-refractivity contribution in [3.63, 3.8) is 0 Å². The number of ketones is 1. The number of nitrogens with one attached hydrogen (secondary N) is 2. The highest BCUT2D eigenvalue weighted by Gasteiger charge is 2.30. The number of fused-ring (bicyclic) bond motifs is 2. The number of hydrogen-bond acceptors (Lipinski definition) is 8. The second kappa shape index (κ2) is 12.4. The smallest absolute Gasteiger partial charge is 0.262 e. The van der Waals surface area contributed by atoms with E-state index in [2.05, 4.69) is 24.9 Å². The summed E-state index contributed by atoms with van der Waals surface area (Å²) in [4.78, 5) is 23.4. The van der Waals surface area contributed by atoms with E-state index in [1.54, 1.807) is 25.4 Å². The third-order valence-electron chi connectivity index (χ3n) is 8.10. The number of anilines is 2. The van der Waals surface area contributed by atoms with E-state index < -0.39 is 32.9 Å². The van der Waals surface area contributed by atoms with Crippen molar-refractivity contribution in [3.05, 3.63) is 76.4 Å². The molecule has 9 nitrogen and oxygen atoms in total. The molecular formula is C31H30ClF2N5O4S. The Morgan fingerprint density at radius 2 is 1.89 bits per heavy atom. The SMILES string of the molecule is COCCN1CCC(Nc2ncc3cc(-c4c(F)ccc(NS(=O)(=O)c5cc(Cl)cc6c5CCC6=O)c4F)ccc3n2)CC1. The van der Waals surface area contributed by atoms with Crippen molar-refractivity contribution < 1.29 is 26.7 Å². The van der Waals surface area contributed by atoms with Crippen LogP contribution in [-0.2, 0) is 21.2 Å². The second-order valence-electron chi connectivity index (χ2n) is 11.0. The van der Waals surface area contributed by atoms with E-state index in [0.29, 0.717) is 29.0 Å². The van der Waals surface area contributed by atoms with Crippen LogP contribution in [0.4, 0.5) is 20.4 Å². The molecule has 2 aliphatic rings. The number of carbonyl (C=O) groups excluding carboxylic acids is 1. The predicted molar refractivity (Wildman–Crippen MR) is 165 cm³/mol. The quantitative estimate of drug-likeness (QED) is 0.240. The van der Waals surface area contributed by atoms with Gasteiger partial charge in [-0.3, -0.25) is 9.52 Å². The van der Waals surface area contributed by atoms with Crippen molar-refractivity contribution >= 4 is 49.9 Å². The Morgan fingerprint density at radius 1 is 1.09 bits per heavy atom. The van der Waals surface area contributed by atoms with Crippen LogP contribution in [0.1, 0.15) is 35.2 Å². The van der Waals surface area contributed by atoms with Crippen molar-refractivity contribution in [2.45, 2.75) is 36.6 Å². The molecule has 0 atom stereocenters. The zero-order valence-electron chi connectivity index (χ0n) is 23.9. The summed E-state index contributed by atoms with van der Waals surface area (Å²) in [6.07, 6.45) is 3.86. The van der Waals surface area contributed by atoms with Gasteiger partial charge in [-0.05, 0) is 66.8 Å². The Kier molecular flexibility index (Phi) is 8.51. The van der Waals surface area contributed by atoms with Crippen molar-refractivity contribution in [1.82, 2.24) is 14.9 Å². The number of piperidine rings is 1. The van der Waals surface area contributed by atoms with Gasteiger partial charge in [0.25, 0.3) is 10.0 Å². The monoisotopic (exact) mass is 641 g/mol. The van der Waals surface area contributed by atoms with Crippen LogP contribution in [0.3, 0.4) is 0 Å². The van der Waals surface area contributed by atoms with Crippen molar-refractivity contribution in [2.75, 3.05) is 43.4 Å². The Labute approximate surface area is 258 Å². The van der Waals surface area contributed by atoms with Crippen LogP contribution in [0, 0.1) is 11.6 Å². The first-order chi connectivity index (χ1) is 21.1. The third-order valence-corrected chi connectivity index (χ3v) is 9.75. The summed E-state index contributed by atoms with van der Waals surface area (Å²) < 4.78 is 64.9. The summed E-state index contributed by atoms with van der Waals surface area (Å²) in [5.74, 6) is -1.69.